The number of carbonyl (C=O) groups is 3. The van der Waals surface area contributed by atoms with Gasteiger partial charge in [0.05, 0.1) is 46.9 Å². The largest absolute Gasteiger partial charge is 0.480 e. The fourth-order valence-corrected chi connectivity index (χ4v) is 6.29. The van der Waals surface area contributed by atoms with Gasteiger partial charge >= 0.3 is 18.2 Å². The van der Waals surface area contributed by atoms with Gasteiger partial charge in [0.25, 0.3) is 5.91 Å². The normalized spacial score (nSPS) is 18.8. The zero-order chi connectivity index (χ0) is 35.2. The van der Waals surface area contributed by atoms with Gasteiger partial charge in [-0.25, -0.2) is 14.0 Å². The van der Waals surface area contributed by atoms with Crippen LogP contribution in [0.5, 0.6) is 0 Å². The number of aliphatic carboxylic acids is 1. The number of carbonyl (C=O) groups excluding carboxylic acids is 2. The summed E-state index contributed by atoms with van der Waals surface area (Å²) >= 11 is 6.21. The number of aromatic nitrogens is 2. The standard InChI is InChI=1S/C32H27ClF4N6O6/c1-41-24-14-38-8-6-19(24)29(45)43(31(41)48)23-5-4-16(18-3-2-7-39-27(18)23)11-22(30(46)47)40-28(44)26-20(33)12-17(13-21(26)34)42-9-10-49-15-25(42)32(35,36)37/h2-8,12-14,22,25,29,45H,9-11,15H2,1H3,(H,40,44)(H,46,47)/t22-,25+,29?/m0/s1. The van der Waals surface area contributed by atoms with Gasteiger partial charge in [-0.2, -0.15) is 13.2 Å². The van der Waals surface area contributed by atoms with E-state index in [4.69, 9.17) is 16.3 Å². The highest BCUT2D eigenvalue weighted by atomic mass is 35.5. The number of pyridine rings is 2. The number of aliphatic hydroxyl groups excluding tert-OH is 1. The van der Waals surface area contributed by atoms with E-state index in [0.29, 0.717) is 22.2 Å². The van der Waals surface area contributed by atoms with Crippen molar-refractivity contribution in [3.05, 3.63) is 88.6 Å². The lowest BCUT2D eigenvalue weighted by Crippen LogP contribution is -2.53. The van der Waals surface area contributed by atoms with Gasteiger partial charge in [0.2, 0.25) is 0 Å². The third-order valence-electron chi connectivity index (χ3n) is 8.43. The summed E-state index contributed by atoms with van der Waals surface area (Å²) in [6, 6.07) is 5.28. The third kappa shape index (κ3) is 6.29. The van der Waals surface area contributed by atoms with Gasteiger partial charge in [-0.15, -0.1) is 0 Å². The summed E-state index contributed by atoms with van der Waals surface area (Å²) in [6.45, 7) is -0.925. The molecule has 2 aromatic carbocycles. The lowest BCUT2D eigenvalue weighted by Gasteiger charge is -2.38. The maximum absolute atomic E-state index is 15.3. The van der Waals surface area contributed by atoms with Crippen molar-refractivity contribution in [2.75, 3.05) is 41.5 Å². The Balaban J connectivity index is 1.28. The summed E-state index contributed by atoms with van der Waals surface area (Å²) in [5, 5.41) is 23.4. The Morgan fingerprint density at radius 3 is 2.65 bits per heavy atom. The Hall–Kier alpha value is -5.06. The number of morpholine rings is 1. The number of carboxylic acids is 1. The lowest BCUT2D eigenvalue weighted by molar-refractivity contribution is -0.167. The van der Waals surface area contributed by atoms with Crippen molar-refractivity contribution in [3.63, 3.8) is 0 Å². The summed E-state index contributed by atoms with van der Waals surface area (Å²) in [6.07, 6.45) is -2.02. The number of carboxylic acid groups (broad SMARTS) is 1. The van der Waals surface area contributed by atoms with E-state index in [1.165, 1.54) is 42.7 Å². The van der Waals surface area contributed by atoms with Crippen molar-refractivity contribution < 1.29 is 46.9 Å². The molecule has 0 bridgehead atoms. The van der Waals surface area contributed by atoms with E-state index >= 15 is 4.39 Å². The van der Waals surface area contributed by atoms with Crippen molar-refractivity contribution in [2.45, 2.75) is 30.9 Å². The zero-order valence-corrected chi connectivity index (χ0v) is 26.2. The van der Waals surface area contributed by atoms with Gasteiger partial charge in [-0.1, -0.05) is 23.7 Å². The van der Waals surface area contributed by atoms with Gasteiger partial charge in [0.15, 0.2) is 6.23 Å². The Morgan fingerprint density at radius 2 is 1.94 bits per heavy atom. The molecule has 12 nitrogen and oxygen atoms in total. The first-order valence-electron chi connectivity index (χ1n) is 14.8. The minimum absolute atomic E-state index is 0.0445. The summed E-state index contributed by atoms with van der Waals surface area (Å²) in [5.74, 6) is -3.92. The minimum atomic E-state index is -4.69. The van der Waals surface area contributed by atoms with Crippen molar-refractivity contribution in [1.82, 2.24) is 15.3 Å². The van der Waals surface area contributed by atoms with E-state index in [9.17, 15) is 37.8 Å². The Labute approximate surface area is 280 Å². The average Bonchev–Trinajstić information content (AvgIpc) is 3.07. The summed E-state index contributed by atoms with van der Waals surface area (Å²) in [7, 11) is 1.52. The molecule has 4 aromatic rings. The Bertz CT molecular complexity index is 1940. The average molecular weight is 703 g/mol. The minimum Gasteiger partial charge on any atom is -0.480 e. The maximum Gasteiger partial charge on any atom is 0.411 e. The molecule has 0 spiro atoms. The lowest BCUT2D eigenvalue weighted by atomic mass is 9.98. The van der Waals surface area contributed by atoms with Crippen LogP contribution in [0, 0.1) is 5.82 Å². The molecule has 3 N–H and O–H groups in total. The van der Waals surface area contributed by atoms with Crippen molar-refractivity contribution in [3.8, 4) is 0 Å². The van der Waals surface area contributed by atoms with E-state index in [2.05, 4.69) is 15.3 Å². The number of halogens is 5. The first-order valence-corrected chi connectivity index (χ1v) is 15.1. The number of anilines is 3. The molecular weight excluding hydrogens is 676 g/mol. The quantitative estimate of drug-likeness (QED) is 0.234. The van der Waals surface area contributed by atoms with E-state index in [0.717, 1.165) is 21.9 Å². The number of alkyl halides is 3. The van der Waals surface area contributed by atoms with Crippen LogP contribution >= 0.6 is 11.6 Å². The molecule has 0 saturated carbocycles. The molecule has 1 unspecified atom stereocenters. The topological polar surface area (TPSA) is 148 Å². The molecule has 2 aromatic heterocycles. The number of aliphatic hydroxyl groups is 1. The number of ether oxygens (including phenoxy) is 1. The molecule has 4 heterocycles. The van der Waals surface area contributed by atoms with Crippen LogP contribution < -0.4 is 20.0 Å². The molecule has 0 radical (unpaired) electrons. The molecule has 49 heavy (non-hydrogen) atoms. The monoisotopic (exact) mass is 702 g/mol. The fraction of sp³-hybridized carbons (Fsp3) is 0.281. The van der Waals surface area contributed by atoms with Gasteiger partial charge in [-0.3, -0.25) is 24.6 Å². The van der Waals surface area contributed by atoms with Gasteiger partial charge in [0, 0.05) is 49.0 Å². The molecule has 0 aliphatic carbocycles. The van der Waals surface area contributed by atoms with Crippen LogP contribution in [0.15, 0.2) is 61.1 Å². The number of fused-ring (bicyclic) bond motifs is 2. The molecule has 1 fully saturated rings. The van der Waals surface area contributed by atoms with Gasteiger partial charge in [0.1, 0.15) is 17.9 Å². The molecule has 3 amide bonds. The number of nitrogens with zero attached hydrogens (tertiary/aromatic N) is 5. The van der Waals surface area contributed by atoms with Crippen molar-refractivity contribution in [2.24, 2.45) is 0 Å². The van der Waals surface area contributed by atoms with Crippen molar-refractivity contribution in [1.29, 1.82) is 0 Å². The molecule has 256 valence electrons. The SMILES string of the molecule is CN1C(=O)N(c2ccc(C[C@H](NC(=O)c3c(F)cc(N4CCOC[C@@H]4C(F)(F)F)cc3Cl)C(=O)O)c3cccnc23)C(O)c2ccncc21. The number of hydrogen-bond donors (Lipinski definition) is 3. The van der Waals surface area contributed by atoms with Crippen LogP contribution in [0.2, 0.25) is 5.02 Å². The van der Waals surface area contributed by atoms with Crippen LogP contribution in [0.25, 0.3) is 10.9 Å². The number of hydrogen-bond acceptors (Lipinski definition) is 8. The van der Waals surface area contributed by atoms with E-state index in [-0.39, 0.29) is 36.5 Å². The van der Waals surface area contributed by atoms with Crippen LogP contribution in [0.4, 0.5) is 39.4 Å². The highest BCUT2D eigenvalue weighted by molar-refractivity contribution is 6.34. The zero-order valence-electron chi connectivity index (χ0n) is 25.5. The number of rotatable bonds is 7. The second-order valence-corrected chi connectivity index (χ2v) is 11.7. The number of nitrogens with one attached hydrogen (secondary N) is 1. The fourth-order valence-electron chi connectivity index (χ4n) is 6.00. The maximum atomic E-state index is 15.3. The highest BCUT2D eigenvalue weighted by Crippen LogP contribution is 2.40. The van der Waals surface area contributed by atoms with E-state index in [1.54, 1.807) is 18.2 Å². The van der Waals surface area contributed by atoms with Gasteiger partial charge < -0.3 is 25.2 Å². The van der Waals surface area contributed by atoms with Gasteiger partial charge in [-0.05, 0) is 35.9 Å². The highest BCUT2D eigenvalue weighted by Gasteiger charge is 2.46. The van der Waals surface area contributed by atoms with Crippen LogP contribution in [-0.4, -0.2) is 83.2 Å². The molecule has 3 atom stereocenters. The second-order valence-electron chi connectivity index (χ2n) is 11.3. The Morgan fingerprint density at radius 1 is 1.16 bits per heavy atom. The summed E-state index contributed by atoms with van der Waals surface area (Å²) in [5.41, 5.74) is 0.729. The van der Waals surface area contributed by atoms with E-state index in [1.807, 2.05) is 0 Å². The first kappa shape index (κ1) is 33.8. The van der Waals surface area contributed by atoms with Crippen LogP contribution in [0.3, 0.4) is 0 Å². The second kappa shape index (κ2) is 13.1. The molecule has 17 heteroatoms. The van der Waals surface area contributed by atoms with Crippen LogP contribution in [0.1, 0.15) is 27.7 Å². The smallest absolute Gasteiger partial charge is 0.411 e. The summed E-state index contributed by atoms with van der Waals surface area (Å²) in [4.78, 5) is 50.7. The molecule has 2 aliphatic heterocycles. The summed E-state index contributed by atoms with van der Waals surface area (Å²) < 4.78 is 61.1. The predicted octanol–water partition coefficient (Wildman–Crippen LogP) is 4.68. The number of amides is 3. The van der Waals surface area contributed by atoms with Crippen LogP contribution in [-0.2, 0) is 16.0 Å². The Kier molecular flexibility index (Phi) is 9.04. The number of benzene rings is 2. The number of urea groups is 1. The molecule has 6 rings (SSSR count). The van der Waals surface area contributed by atoms with E-state index < -0.39 is 65.4 Å². The molecule has 2 aliphatic rings. The first-order chi connectivity index (χ1) is 23.3. The third-order valence-corrected chi connectivity index (χ3v) is 8.73. The predicted molar refractivity (Wildman–Crippen MR) is 169 cm³/mol. The van der Waals surface area contributed by atoms with Crippen molar-refractivity contribution >= 4 is 57.5 Å². The molecule has 1 saturated heterocycles. The molecular formula is C32H27ClF4N6O6.